The molecule has 1 amide bonds. The molecule has 0 aliphatic rings. The fourth-order valence-electron chi connectivity index (χ4n) is 1.76. The van der Waals surface area contributed by atoms with Gasteiger partial charge in [-0.05, 0) is 46.3 Å². The average molecular weight is 334 g/mol. The first-order valence-corrected chi connectivity index (χ1v) is 7.02. The summed E-state index contributed by atoms with van der Waals surface area (Å²) in [7, 11) is 3.49. The maximum Gasteiger partial charge on any atom is 0.253 e. The number of hydrogen-bond acceptors (Lipinski definition) is 3. The minimum atomic E-state index is -0.00534. The summed E-state index contributed by atoms with van der Waals surface area (Å²) in [5.74, 6) is -0.00534. The van der Waals surface area contributed by atoms with E-state index in [-0.39, 0.29) is 5.91 Å². The molecule has 5 heteroatoms. The quantitative estimate of drug-likeness (QED) is 0.874. The van der Waals surface area contributed by atoms with Crippen molar-refractivity contribution in [2.45, 2.75) is 6.54 Å². The molecule has 104 valence electrons. The molecule has 0 bridgehead atoms. The molecule has 1 heterocycles. The predicted molar refractivity (Wildman–Crippen MR) is 83.7 cm³/mol. The van der Waals surface area contributed by atoms with E-state index in [1.54, 1.807) is 19.0 Å². The number of pyridine rings is 1. The van der Waals surface area contributed by atoms with Gasteiger partial charge in [-0.25, -0.2) is 4.98 Å². The van der Waals surface area contributed by atoms with Crippen LogP contribution in [0.2, 0.25) is 0 Å². The lowest BCUT2D eigenvalue weighted by atomic mass is 10.2. The largest absolute Gasteiger partial charge is 0.379 e. The van der Waals surface area contributed by atoms with Crippen LogP contribution in [0.3, 0.4) is 0 Å². The van der Waals surface area contributed by atoms with E-state index in [2.05, 4.69) is 26.2 Å². The lowest BCUT2D eigenvalue weighted by molar-refractivity contribution is 0.0827. The van der Waals surface area contributed by atoms with Gasteiger partial charge in [-0.1, -0.05) is 12.1 Å². The fraction of sp³-hybridized carbons (Fsp3) is 0.200. The van der Waals surface area contributed by atoms with Crippen molar-refractivity contribution < 1.29 is 4.79 Å². The van der Waals surface area contributed by atoms with Gasteiger partial charge in [-0.2, -0.15) is 0 Å². The molecule has 0 saturated carbocycles. The van der Waals surface area contributed by atoms with Crippen molar-refractivity contribution in [2.24, 2.45) is 0 Å². The van der Waals surface area contributed by atoms with E-state index < -0.39 is 0 Å². The van der Waals surface area contributed by atoms with Crippen LogP contribution < -0.4 is 5.32 Å². The SMILES string of the molecule is CN(C)C(=O)c1cccc(NCc2cccc(Br)n2)c1. The third-order valence-corrected chi connectivity index (χ3v) is 3.20. The number of anilines is 1. The van der Waals surface area contributed by atoms with Gasteiger partial charge in [0.25, 0.3) is 5.91 Å². The molecule has 0 radical (unpaired) electrons. The molecule has 4 nitrogen and oxygen atoms in total. The Bertz CT molecular complexity index is 614. The number of benzene rings is 1. The Morgan fingerprint density at radius 3 is 2.70 bits per heavy atom. The van der Waals surface area contributed by atoms with Crippen LogP contribution in [0.4, 0.5) is 5.69 Å². The van der Waals surface area contributed by atoms with E-state index in [9.17, 15) is 4.79 Å². The molecule has 2 aromatic rings. The van der Waals surface area contributed by atoms with Crippen molar-refractivity contribution in [3.63, 3.8) is 0 Å². The normalized spacial score (nSPS) is 10.2. The second-order valence-electron chi connectivity index (χ2n) is 4.59. The minimum Gasteiger partial charge on any atom is -0.379 e. The van der Waals surface area contributed by atoms with Crippen molar-refractivity contribution in [1.82, 2.24) is 9.88 Å². The zero-order valence-electron chi connectivity index (χ0n) is 11.4. The molecule has 0 aliphatic carbocycles. The van der Waals surface area contributed by atoms with Gasteiger partial charge in [0.2, 0.25) is 0 Å². The number of carbonyl (C=O) groups is 1. The number of carbonyl (C=O) groups excluding carboxylic acids is 1. The number of nitrogens with zero attached hydrogens (tertiary/aromatic N) is 2. The lowest BCUT2D eigenvalue weighted by Crippen LogP contribution is -2.21. The first-order chi connectivity index (χ1) is 9.56. The highest BCUT2D eigenvalue weighted by Crippen LogP contribution is 2.14. The Morgan fingerprint density at radius 1 is 1.25 bits per heavy atom. The standard InChI is InChI=1S/C15H16BrN3O/c1-19(2)15(20)11-5-3-6-12(9-11)17-10-13-7-4-8-14(16)18-13/h3-9,17H,10H2,1-2H3. The van der Waals surface area contributed by atoms with Gasteiger partial charge in [-0.3, -0.25) is 4.79 Å². The molecule has 2 rings (SSSR count). The molecule has 20 heavy (non-hydrogen) atoms. The summed E-state index contributed by atoms with van der Waals surface area (Å²) in [6.07, 6.45) is 0. The zero-order chi connectivity index (χ0) is 14.5. The van der Waals surface area contributed by atoms with Gasteiger partial charge in [0.05, 0.1) is 12.2 Å². The number of rotatable bonds is 4. The smallest absolute Gasteiger partial charge is 0.253 e. The van der Waals surface area contributed by atoms with E-state index >= 15 is 0 Å². The van der Waals surface area contributed by atoms with Crippen molar-refractivity contribution in [2.75, 3.05) is 19.4 Å². The number of hydrogen-bond donors (Lipinski definition) is 1. The number of amides is 1. The minimum absolute atomic E-state index is 0.00534. The molecule has 0 fully saturated rings. The average Bonchev–Trinajstić information content (AvgIpc) is 2.44. The Morgan fingerprint density at radius 2 is 2.00 bits per heavy atom. The van der Waals surface area contributed by atoms with Crippen LogP contribution in [0.5, 0.6) is 0 Å². The van der Waals surface area contributed by atoms with Crippen LogP contribution in [0.15, 0.2) is 47.1 Å². The Labute approximate surface area is 127 Å². The van der Waals surface area contributed by atoms with Crippen LogP contribution in [-0.4, -0.2) is 29.9 Å². The van der Waals surface area contributed by atoms with Crippen molar-refractivity contribution in [1.29, 1.82) is 0 Å². The van der Waals surface area contributed by atoms with Crippen LogP contribution in [0.1, 0.15) is 16.1 Å². The van der Waals surface area contributed by atoms with Gasteiger partial charge in [0, 0.05) is 25.3 Å². The summed E-state index contributed by atoms with van der Waals surface area (Å²) in [6, 6.07) is 13.2. The maximum atomic E-state index is 11.9. The fourth-order valence-corrected chi connectivity index (χ4v) is 2.14. The molecule has 0 saturated heterocycles. The highest BCUT2D eigenvalue weighted by atomic mass is 79.9. The van der Waals surface area contributed by atoms with Gasteiger partial charge in [-0.15, -0.1) is 0 Å². The Kier molecular flexibility index (Phi) is 4.74. The van der Waals surface area contributed by atoms with Gasteiger partial charge in [0.1, 0.15) is 4.60 Å². The van der Waals surface area contributed by atoms with E-state index in [0.717, 1.165) is 16.0 Å². The first kappa shape index (κ1) is 14.5. The molecule has 0 aliphatic heterocycles. The molecular formula is C15H16BrN3O. The van der Waals surface area contributed by atoms with E-state index in [1.807, 2.05) is 42.5 Å². The van der Waals surface area contributed by atoms with Crippen LogP contribution in [0.25, 0.3) is 0 Å². The summed E-state index contributed by atoms with van der Waals surface area (Å²) >= 11 is 3.35. The summed E-state index contributed by atoms with van der Waals surface area (Å²) < 4.78 is 0.813. The molecular weight excluding hydrogens is 318 g/mol. The lowest BCUT2D eigenvalue weighted by Gasteiger charge is -2.12. The second-order valence-corrected chi connectivity index (χ2v) is 5.40. The Balaban J connectivity index is 2.07. The maximum absolute atomic E-state index is 11.9. The number of nitrogens with one attached hydrogen (secondary N) is 1. The Hall–Kier alpha value is -1.88. The van der Waals surface area contributed by atoms with Crippen molar-refractivity contribution in [3.8, 4) is 0 Å². The van der Waals surface area contributed by atoms with E-state index in [0.29, 0.717) is 12.1 Å². The summed E-state index contributed by atoms with van der Waals surface area (Å²) in [5, 5.41) is 3.27. The second kappa shape index (κ2) is 6.52. The molecule has 1 aromatic heterocycles. The highest BCUT2D eigenvalue weighted by Gasteiger charge is 2.08. The van der Waals surface area contributed by atoms with Gasteiger partial charge >= 0.3 is 0 Å². The molecule has 0 atom stereocenters. The number of aromatic nitrogens is 1. The highest BCUT2D eigenvalue weighted by molar-refractivity contribution is 9.10. The third-order valence-electron chi connectivity index (χ3n) is 2.76. The summed E-state index contributed by atoms with van der Waals surface area (Å²) in [4.78, 5) is 17.8. The topological polar surface area (TPSA) is 45.2 Å². The molecule has 0 unspecified atom stereocenters. The van der Waals surface area contributed by atoms with E-state index in [4.69, 9.17) is 0 Å². The zero-order valence-corrected chi connectivity index (χ0v) is 13.0. The van der Waals surface area contributed by atoms with E-state index in [1.165, 1.54) is 0 Å². The van der Waals surface area contributed by atoms with Gasteiger partial charge in [0.15, 0.2) is 0 Å². The molecule has 0 spiro atoms. The van der Waals surface area contributed by atoms with Gasteiger partial charge < -0.3 is 10.2 Å². The van der Waals surface area contributed by atoms with Crippen molar-refractivity contribution in [3.05, 3.63) is 58.3 Å². The predicted octanol–water partition coefficient (Wildman–Crippen LogP) is 3.16. The summed E-state index contributed by atoms with van der Waals surface area (Å²) in [6.45, 7) is 0.610. The van der Waals surface area contributed by atoms with Crippen LogP contribution >= 0.6 is 15.9 Å². The molecule has 1 aromatic carbocycles. The number of halogens is 1. The first-order valence-electron chi connectivity index (χ1n) is 6.23. The molecule has 1 N–H and O–H groups in total. The van der Waals surface area contributed by atoms with Crippen LogP contribution in [-0.2, 0) is 6.54 Å². The third kappa shape index (κ3) is 3.81. The summed E-state index contributed by atoms with van der Waals surface area (Å²) in [5.41, 5.74) is 2.50. The van der Waals surface area contributed by atoms with Crippen molar-refractivity contribution >= 4 is 27.5 Å². The van der Waals surface area contributed by atoms with Crippen LogP contribution in [0, 0.1) is 0 Å². The monoisotopic (exact) mass is 333 g/mol.